The predicted octanol–water partition coefficient (Wildman–Crippen LogP) is 4.18. The lowest BCUT2D eigenvalue weighted by Crippen LogP contribution is -2.15. The summed E-state index contributed by atoms with van der Waals surface area (Å²) in [7, 11) is 0. The van der Waals surface area contributed by atoms with Crippen molar-refractivity contribution < 1.29 is 9.53 Å². The first-order chi connectivity index (χ1) is 12.5. The molecule has 3 rings (SSSR count). The lowest BCUT2D eigenvalue weighted by Gasteiger charge is -2.10. The highest BCUT2D eigenvalue weighted by molar-refractivity contribution is 7.12. The van der Waals surface area contributed by atoms with Crippen LogP contribution in [0.1, 0.15) is 24.0 Å². The van der Waals surface area contributed by atoms with E-state index < -0.39 is 0 Å². The number of amides is 1. The van der Waals surface area contributed by atoms with Crippen LogP contribution in [0.15, 0.2) is 29.6 Å². The van der Waals surface area contributed by atoms with Gasteiger partial charge in [0.15, 0.2) is 0 Å². The Bertz CT molecular complexity index is 935. The number of nitrogens with one attached hydrogen (secondary N) is 1. The Morgan fingerprint density at radius 2 is 2.12 bits per heavy atom. The zero-order valence-corrected chi connectivity index (χ0v) is 16.3. The Kier molecular flexibility index (Phi) is 5.58. The van der Waals surface area contributed by atoms with Gasteiger partial charge in [0, 0.05) is 5.38 Å². The number of hydrogen-bond acceptors (Lipinski definition) is 5. The number of thiazole rings is 1. The molecule has 0 bridgehead atoms. The van der Waals surface area contributed by atoms with Crippen LogP contribution in [-0.2, 0) is 11.2 Å². The summed E-state index contributed by atoms with van der Waals surface area (Å²) in [6.07, 6.45) is 0.171. The van der Waals surface area contributed by atoms with Gasteiger partial charge < -0.3 is 10.1 Å². The molecule has 136 valence electrons. The van der Waals surface area contributed by atoms with Gasteiger partial charge in [0.25, 0.3) is 0 Å². The Morgan fingerprint density at radius 3 is 2.81 bits per heavy atom. The Balaban J connectivity index is 1.71. The average Bonchev–Trinajstić information content (AvgIpc) is 3.17. The fourth-order valence-corrected chi connectivity index (χ4v) is 3.44. The number of carbonyl (C=O) groups excluding carboxylic acids is 1. The molecule has 0 atom stereocenters. The number of benzene rings is 1. The minimum atomic E-state index is -0.152. The Hall–Kier alpha value is -2.38. The zero-order chi connectivity index (χ0) is 18.7. The van der Waals surface area contributed by atoms with Crippen LogP contribution in [0.25, 0.3) is 5.13 Å². The number of anilines is 1. The highest BCUT2D eigenvalue weighted by Gasteiger charge is 2.15. The van der Waals surface area contributed by atoms with Gasteiger partial charge in [-0.3, -0.25) is 4.79 Å². The van der Waals surface area contributed by atoms with Crippen molar-refractivity contribution in [1.29, 1.82) is 0 Å². The standard InChI is InChI=1S/C18H19ClN4O2S/c1-4-25-15-8-6-5-7-14(15)21-16(24)9-13-10-26-18(20-13)23-12(3)17(19)11(2)22-23/h5-8,10H,4,9H2,1-3H3,(H,21,24). The summed E-state index contributed by atoms with van der Waals surface area (Å²) in [5, 5.41) is 10.4. The largest absolute Gasteiger partial charge is 0.492 e. The van der Waals surface area contributed by atoms with Crippen LogP contribution in [0.5, 0.6) is 5.75 Å². The smallest absolute Gasteiger partial charge is 0.230 e. The Labute approximate surface area is 160 Å². The molecule has 0 saturated carbocycles. The van der Waals surface area contributed by atoms with Crippen LogP contribution in [0, 0.1) is 13.8 Å². The minimum Gasteiger partial charge on any atom is -0.492 e. The highest BCUT2D eigenvalue weighted by Crippen LogP contribution is 2.25. The van der Waals surface area contributed by atoms with Crippen molar-refractivity contribution in [2.24, 2.45) is 0 Å². The van der Waals surface area contributed by atoms with Crippen molar-refractivity contribution in [1.82, 2.24) is 14.8 Å². The number of para-hydroxylation sites is 2. The molecule has 3 aromatic rings. The molecule has 0 aliphatic rings. The Morgan fingerprint density at radius 1 is 1.35 bits per heavy atom. The molecule has 0 unspecified atom stereocenters. The molecule has 0 aliphatic carbocycles. The maximum atomic E-state index is 12.4. The third-order valence-corrected chi connectivity index (χ3v) is 5.14. The van der Waals surface area contributed by atoms with E-state index in [0.717, 1.165) is 11.4 Å². The molecule has 0 fully saturated rings. The molecule has 0 aliphatic heterocycles. The summed E-state index contributed by atoms with van der Waals surface area (Å²) in [5.41, 5.74) is 2.92. The van der Waals surface area contributed by atoms with Gasteiger partial charge in [-0.1, -0.05) is 23.7 Å². The maximum Gasteiger partial charge on any atom is 0.230 e. The third-order valence-electron chi connectivity index (χ3n) is 3.73. The van der Waals surface area contributed by atoms with Crippen molar-refractivity contribution in [3.8, 4) is 10.9 Å². The van der Waals surface area contributed by atoms with E-state index in [1.807, 2.05) is 50.4 Å². The first-order valence-corrected chi connectivity index (χ1v) is 9.43. The maximum absolute atomic E-state index is 12.4. The molecule has 0 spiro atoms. The molecule has 2 heterocycles. The number of hydrogen-bond donors (Lipinski definition) is 1. The fraction of sp³-hybridized carbons (Fsp3) is 0.278. The number of ether oxygens (including phenoxy) is 1. The number of aryl methyl sites for hydroxylation is 1. The highest BCUT2D eigenvalue weighted by atomic mass is 35.5. The summed E-state index contributed by atoms with van der Waals surface area (Å²) >= 11 is 7.61. The molecule has 8 heteroatoms. The van der Waals surface area contributed by atoms with Crippen molar-refractivity contribution in [2.45, 2.75) is 27.2 Å². The van der Waals surface area contributed by atoms with Gasteiger partial charge in [0.05, 0.1) is 40.8 Å². The van der Waals surface area contributed by atoms with Crippen LogP contribution in [0.2, 0.25) is 5.02 Å². The molecule has 2 aromatic heterocycles. The van der Waals surface area contributed by atoms with Gasteiger partial charge in [0.1, 0.15) is 5.75 Å². The normalized spacial score (nSPS) is 10.8. The van der Waals surface area contributed by atoms with E-state index in [2.05, 4.69) is 15.4 Å². The molecule has 1 N–H and O–H groups in total. The summed E-state index contributed by atoms with van der Waals surface area (Å²) < 4.78 is 7.23. The zero-order valence-electron chi connectivity index (χ0n) is 14.7. The van der Waals surface area contributed by atoms with E-state index in [1.54, 1.807) is 4.68 Å². The summed E-state index contributed by atoms with van der Waals surface area (Å²) in [6, 6.07) is 7.36. The van der Waals surface area contributed by atoms with Gasteiger partial charge in [-0.25, -0.2) is 9.67 Å². The summed E-state index contributed by atoms with van der Waals surface area (Å²) in [4.78, 5) is 16.9. The van der Waals surface area contributed by atoms with E-state index in [4.69, 9.17) is 16.3 Å². The second-order valence-corrected chi connectivity index (χ2v) is 6.89. The fourth-order valence-electron chi connectivity index (χ4n) is 2.49. The van der Waals surface area contributed by atoms with E-state index >= 15 is 0 Å². The van der Waals surface area contributed by atoms with Gasteiger partial charge in [-0.2, -0.15) is 5.10 Å². The summed E-state index contributed by atoms with van der Waals surface area (Å²) in [5.74, 6) is 0.500. The molecule has 1 aromatic carbocycles. The van der Waals surface area contributed by atoms with Gasteiger partial charge >= 0.3 is 0 Å². The predicted molar refractivity (Wildman–Crippen MR) is 104 cm³/mol. The van der Waals surface area contributed by atoms with E-state index in [9.17, 15) is 4.79 Å². The van der Waals surface area contributed by atoms with Gasteiger partial charge in [0.2, 0.25) is 11.0 Å². The first kappa shape index (κ1) is 18.4. The summed E-state index contributed by atoms with van der Waals surface area (Å²) in [6.45, 7) is 6.18. The lowest BCUT2D eigenvalue weighted by atomic mass is 10.2. The van der Waals surface area contributed by atoms with Crippen molar-refractivity contribution in [3.63, 3.8) is 0 Å². The van der Waals surface area contributed by atoms with Crippen LogP contribution < -0.4 is 10.1 Å². The van der Waals surface area contributed by atoms with E-state index in [1.165, 1.54) is 11.3 Å². The number of rotatable bonds is 6. The van der Waals surface area contributed by atoms with Crippen molar-refractivity contribution in [2.75, 3.05) is 11.9 Å². The average molecular weight is 391 g/mol. The third kappa shape index (κ3) is 3.89. The molecular formula is C18H19ClN4O2S. The van der Waals surface area contributed by atoms with Crippen LogP contribution in [0.3, 0.4) is 0 Å². The number of aromatic nitrogens is 3. The van der Waals surface area contributed by atoms with Crippen molar-refractivity contribution in [3.05, 3.63) is 51.7 Å². The molecule has 0 saturated heterocycles. The SMILES string of the molecule is CCOc1ccccc1NC(=O)Cc1csc(-n2nc(C)c(Cl)c2C)n1. The van der Waals surface area contributed by atoms with E-state index in [0.29, 0.717) is 33.9 Å². The molecule has 1 amide bonds. The quantitative estimate of drug-likeness (QED) is 0.685. The van der Waals surface area contributed by atoms with Gasteiger partial charge in [-0.15, -0.1) is 11.3 Å². The first-order valence-electron chi connectivity index (χ1n) is 8.17. The number of halogens is 1. The van der Waals surface area contributed by atoms with E-state index in [-0.39, 0.29) is 12.3 Å². The molecule has 26 heavy (non-hydrogen) atoms. The second-order valence-electron chi connectivity index (χ2n) is 5.67. The van der Waals surface area contributed by atoms with Gasteiger partial charge in [-0.05, 0) is 32.9 Å². The minimum absolute atomic E-state index is 0.152. The van der Waals surface area contributed by atoms with Crippen LogP contribution >= 0.6 is 22.9 Å². The second kappa shape index (κ2) is 7.88. The number of nitrogens with zero attached hydrogens (tertiary/aromatic N) is 3. The number of carbonyl (C=O) groups is 1. The lowest BCUT2D eigenvalue weighted by molar-refractivity contribution is -0.115. The monoisotopic (exact) mass is 390 g/mol. The molecular weight excluding hydrogens is 372 g/mol. The van der Waals surface area contributed by atoms with Crippen LogP contribution in [-0.4, -0.2) is 27.3 Å². The topological polar surface area (TPSA) is 69.0 Å². The van der Waals surface area contributed by atoms with Crippen LogP contribution in [0.4, 0.5) is 5.69 Å². The van der Waals surface area contributed by atoms with Crippen molar-refractivity contribution >= 4 is 34.5 Å². The molecule has 0 radical (unpaired) electrons. The molecule has 6 nitrogen and oxygen atoms in total.